The summed E-state index contributed by atoms with van der Waals surface area (Å²) in [5.41, 5.74) is 1.80. The minimum absolute atomic E-state index is 0.00724. The summed E-state index contributed by atoms with van der Waals surface area (Å²) in [4.78, 5) is 22.6. The van der Waals surface area contributed by atoms with Gasteiger partial charge >= 0.3 is 6.03 Å². The van der Waals surface area contributed by atoms with Crippen molar-refractivity contribution in [2.75, 3.05) is 30.4 Å². The van der Waals surface area contributed by atoms with Gasteiger partial charge in [-0.3, -0.25) is 0 Å². The maximum Gasteiger partial charge on any atom is 0.319 e. The minimum atomic E-state index is -0.431. The van der Waals surface area contributed by atoms with Crippen LogP contribution in [0.25, 0.3) is 11.0 Å². The molecule has 160 valence electrons. The summed E-state index contributed by atoms with van der Waals surface area (Å²) in [6.45, 7) is 6.18. The number of aliphatic hydroxyl groups is 1. The molecule has 1 atom stereocenters. The fourth-order valence-corrected chi connectivity index (χ4v) is 3.19. The third-order valence-electron chi connectivity index (χ3n) is 4.84. The van der Waals surface area contributed by atoms with E-state index >= 15 is 0 Å². The second-order valence-electron chi connectivity index (χ2n) is 7.47. The first-order chi connectivity index (χ1) is 14.3. The number of anilines is 2. The third kappa shape index (κ3) is 4.68. The van der Waals surface area contributed by atoms with Gasteiger partial charge in [-0.2, -0.15) is 0 Å². The van der Waals surface area contributed by atoms with Crippen molar-refractivity contribution < 1.29 is 18.7 Å². The van der Waals surface area contributed by atoms with Gasteiger partial charge in [0.25, 0.3) is 0 Å². The zero-order chi connectivity index (χ0) is 21.8. The first-order valence-corrected chi connectivity index (χ1v) is 9.70. The molecule has 0 spiro atoms. The van der Waals surface area contributed by atoms with Crippen LogP contribution < -0.4 is 15.5 Å². The van der Waals surface area contributed by atoms with Crippen LogP contribution >= 0.6 is 0 Å². The lowest BCUT2D eigenvalue weighted by molar-refractivity contribution is 0.241. The number of aromatic nitrogens is 2. The molecule has 8 nitrogen and oxygen atoms in total. The SMILES string of the molecule is Cc1c(C(NC(=O)Nc2cnc(N(C)CCO)nc2)C(C)C)oc2ccc(F)cc12. The number of nitrogens with one attached hydrogen (secondary N) is 2. The van der Waals surface area contributed by atoms with Crippen molar-refractivity contribution in [1.29, 1.82) is 0 Å². The molecule has 0 fully saturated rings. The summed E-state index contributed by atoms with van der Waals surface area (Å²) in [7, 11) is 1.76. The number of hydrogen-bond acceptors (Lipinski definition) is 6. The fraction of sp³-hybridized carbons (Fsp3) is 0.381. The minimum Gasteiger partial charge on any atom is -0.459 e. The van der Waals surface area contributed by atoms with Crippen LogP contribution in [0.3, 0.4) is 0 Å². The van der Waals surface area contributed by atoms with Gasteiger partial charge in [0.1, 0.15) is 17.2 Å². The molecule has 0 saturated carbocycles. The maximum atomic E-state index is 13.6. The van der Waals surface area contributed by atoms with E-state index in [0.717, 1.165) is 5.56 Å². The fourth-order valence-electron chi connectivity index (χ4n) is 3.19. The van der Waals surface area contributed by atoms with Crippen LogP contribution in [-0.4, -0.2) is 41.3 Å². The highest BCUT2D eigenvalue weighted by Crippen LogP contribution is 2.33. The van der Waals surface area contributed by atoms with Gasteiger partial charge < -0.3 is 25.1 Å². The number of carbonyl (C=O) groups is 1. The molecule has 0 aliphatic rings. The molecule has 9 heteroatoms. The standard InChI is InChI=1S/C21H26FN5O3/c1-12(2)18(19-13(3)16-9-14(22)5-6-17(16)30-19)26-21(29)25-15-10-23-20(24-11-15)27(4)7-8-28/h5-6,9-12,18,28H,7-8H2,1-4H3,(H2,25,26,29). The molecule has 0 bridgehead atoms. The van der Waals surface area contributed by atoms with Crippen molar-refractivity contribution in [3.8, 4) is 0 Å². The largest absolute Gasteiger partial charge is 0.459 e. The Kier molecular flexibility index (Phi) is 6.51. The summed E-state index contributed by atoms with van der Waals surface area (Å²) in [5.74, 6) is 0.738. The lowest BCUT2D eigenvalue weighted by Crippen LogP contribution is -2.35. The highest BCUT2D eigenvalue weighted by molar-refractivity contribution is 5.89. The van der Waals surface area contributed by atoms with Crippen molar-refractivity contribution >= 4 is 28.6 Å². The predicted molar refractivity (Wildman–Crippen MR) is 113 cm³/mol. The first kappa shape index (κ1) is 21.5. The second kappa shape index (κ2) is 9.08. The van der Waals surface area contributed by atoms with E-state index in [1.54, 1.807) is 18.0 Å². The molecule has 2 amide bonds. The highest BCUT2D eigenvalue weighted by Gasteiger charge is 2.25. The number of amides is 2. The molecule has 3 rings (SSSR count). The Balaban J connectivity index is 1.74. The number of halogens is 1. The number of aryl methyl sites for hydroxylation is 1. The van der Waals surface area contributed by atoms with Crippen LogP contribution in [-0.2, 0) is 0 Å². The van der Waals surface area contributed by atoms with Gasteiger partial charge in [0.15, 0.2) is 0 Å². The van der Waals surface area contributed by atoms with E-state index in [0.29, 0.717) is 34.9 Å². The number of furan rings is 1. The Hall–Kier alpha value is -3.20. The van der Waals surface area contributed by atoms with Gasteiger partial charge in [-0.25, -0.2) is 19.2 Å². The van der Waals surface area contributed by atoms with E-state index in [-0.39, 0.29) is 18.3 Å². The van der Waals surface area contributed by atoms with E-state index in [9.17, 15) is 9.18 Å². The van der Waals surface area contributed by atoms with Gasteiger partial charge in [0, 0.05) is 24.5 Å². The van der Waals surface area contributed by atoms with Crippen LogP contribution in [0.15, 0.2) is 35.0 Å². The smallest absolute Gasteiger partial charge is 0.319 e. The topological polar surface area (TPSA) is 104 Å². The van der Waals surface area contributed by atoms with E-state index < -0.39 is 12.1 Å². The lowest BCUT2D eigenvalue weighted by atomic mass is 9.98. The number of likely N-dealkylation sites (N-methyl/N-ethyl adjacent to an activating group) is 1. The maximum absolute atomic E-state index is 13.6. The average Bonchev–Trinajstić information content (AvgIpc) is 3.02. The summed E-state index contributed by atoms with van der Waals surface area (Å²) in [6.07, 6.45) is 2.99. The molecule has 1 aromatic carbocycles. The summed E-state index contributed by atoms with van der Waals surface area (Å²) < 4.78 is 19.5. The number of carbonyl (C=O) groups excluding carboxylic acids is 1. The van der Waals surface area contributed by atoms with Crippen LogP contribution in [0.5, 0.6) is 0 Å². The average molecular weight is 415 g/mol. The normalized spacial score (nSPS) is 12.2. The van der Waals surface area contributed by atoms with Crippen molar-refractivity contribution in [2.24, 2.45) is 5.92 Å². The molecule has 30 heavy (non-hydrogen) atoms. The molecule has 0 radical (unpaired) electrons. The third-order valence-corrected chi connectivity index (χ3v) is 4.84. The van der Waals surface area contributed by atoms with E-state index in [1.807, 2.05) is 20.8 Å². The molecular weight excluding hydrogens is 389 g/mol. The van der Waals surface area contributed by atoms with Crippen molar-refractivity contribution in [2.45, 2.75) is 26.8 Å². The molecule has 0 aliphatic heterocycles. The Morgan fingerprint density at radius 2 is 2.00 bits per heavy atom. The molecule has 1 unspecified atom stereocenters. The van der Waals surface area contributed by atoms with Gasteiger partial charge in [-0.15, -0.1) is 0 Å². The number of aliphatic hydroxyl groups excluding tert-OH is 1. The van der Waals surface area contributed by atoms with Crippen LogP contribution in [0.2, 0.25) is 0 Å². The van der Waals surface area contributed by atoms with Crippen LogP contribution in [0, 0.1) is 18.7 Å². The van der Waals surface area contributed by atoms with Gasteiger partial charge in [0.05, 0.1) is 30.7 Å². The molecule has 2 aromatic heterocycles. The first-order valence-electron chi connectivity index (χ1n) is 9.70. The Bertz CT molecular complexity index is 1020. The highest BCUT2D eigenvalue weighted by atomic mass is 19.1. The van der Waals surface area contributed by atoms with Gasteiger partial charge in [0.2, 0.25) is 5.95 Å². The monoisotopic (exact) mass is 415 g/mol. The Labute approximate surface area is 174 Å². The molecule has 3 aromatic rings. The van der Waals surface area contributed by atoms with Gasteiger partial charge in [-0.05, 0) is 31.0 Å². The van der Waals surface area contributed by atoms with Gasteiger partial charge in [-0.1, -0.05) is 13.8 Å². The molecule has 0 aliphatic carbocycles. The van der Waals surface area contributed by atoms with Crippen LogP contribution in [0.1, 0.15) is 31.2 Å². The number of nitrogens with zero attached hydrogens (tertiary/aromatic N) is 3. The number of fused-ring (bicyclic) bond motifs is 1. The predicted octanol–water partition coefficient (Wildman–Crippen LogP) is 3.62. The summed E-state index contributed by atoms with van der Waals surface area (Å²) >= 11 is 0. The quantitative estimate of drug-likeness (QED) is 0.545. The van der Waals surface area contributed by atoms with Crippen molar-refractivity contribution in [1.82, 2.24) is 15.3 Å². The Morgan fingerprint density at radius 1 is 1.30 bits per heavy atom. The van der Waals surface area contributed by atoms with E-state index in [1.165, 1.54) is 24.5 Å². The van der Waals surface area contributed by atoms with Crippen molar-refractivity contribution in [3.63, 3.8) is 0 Å². The van der Waals surface area contributed by atoms with Crippen molar-refractivity contribution in [3.05, 3.63) is 47.7 Å². The number of hydrogen-bond donors (Lipinski definition) is 3. The lowest BCUT2D eigenvalue weighted by Gasteiger charge is -2.21. The molecule has 3 N–H and O–H groups in total. The summed E-state index contributed by atoms with van der Waals surface area (Å²) in [5, 5.41) is 15.3. The number of benzene rings is 1. The second-order valence-corrected chi connectivity index (χ2v) is 7.47. The van der Waals surface area contributed by atoms with E-state index in [2.05, 4.69) is 20.6 Å². The Morgan fingerprint density at radius 3 is 2.63 bits per heavy atom. The zero-order valence-corrected chi connectivity index (χ0v) is 17.4. The molecule has 0 saturated heterocycles. The molecular formula is C21H26FN5O3. The van der Waals surface area contributed by atoms with Crippen LogP contribution in [0.4, 0.5) is 20.8 Å². The molecule has 2 heterocycles. The number of urea groups is 1. The summed E-state index contributed by atoms with van der Waals surface area (Å²) in [6, 6.07) is 3.53. The number of rotatable bonds is 7. The zero-order valence-electron chi connectivity index (χ0n) is 17.4. The van der Waals surface area contributed by atoms with E-state index in [4.69, 9.17) is 9.52 Å².